The summed E-state index contributed by atoms with van der Waals surface area (Å²) < 4.78 is 5.54. The Morgan fingerprint density at radius 1 is 1.00 bits per heavy atom. The average molecular weight is 229 g/mol. The maximum atomic E-state index is 5.54. The van der Waals surface area contributed by atoms with Gasteiger partial charge in [-0.25, -0.2) is 0 Å². The molecule has 0 bridgehead atoms. The fraction of sp³-hybridized carbons (Fsp3) is 1.00. The largest absolute Gasteiger partial charge is 0.381 e. The molecule has 0 fully saturated rings. The van der Waals surface area contributed by atoms with E-state index in [1.807, 2.05) is 0 Å². The Balaban J connectivity index is 3.05. The Bertz CT molecular complexity index is 149. The molecule has 0 radical (unpaired) electrons. The summed E-state index contributed by atoms with van der Waals surface area (Å²) >= 11 is 0. The summed E-state index contributed by atoms with van der Waals surface area (Å²) in [6.45, 7) is 14.0. The lowest BCUT2D eigenvalue weighted by molar-refractivity contribution is 0.106. The van der Waals surface area contributed by atoms with Crippen molar-refractivity contribution in [2.75, 3.05) is 19.8 Å². The smallest absolute Gasteiger partial charge is 0.0488 e. The highest BCUT2D eigenvalue weighted by molar-refractivity contribution is 4.69. The van der Waals surface area contributed by atoms with Gasteiger partial charge in [-0.15, -0.1) is 0 Å². The van der Waals surface area contributed by atoms with Crippen LogP contribution < -0.4 is 5.32 Å². The van der Waals surface area contributed by atoms with E-state index in [9.17, 15) is 0 Å². The number of hydrogen-bond donors (Lipinski definition) is 1. The van der Waals surface area contributed by atoms with E-state index in [1.54, 1.807) is 0 Å². The SMILES string of the molecule is CC(C)COCCCCCCNC(C)(C)C. The van der Waals surface area contributed by atoms with Gasteiger partial charge in [0.2, 0.25) is 0 Å². The molecule has 0 aliphatic rings. The molecule has 0 saturated heterocycles. The van der Waals surface area contributed by atoms with Gasteiger partial charge in [-0.05, 0) is 46.1 Å². The molecule has 16 heavy (non-hydrogen) atoms. The van der Waals surface area contributed by atoms with Crippen LogP contribution in [0.2, 0.25) is 0 Å². The molecule has 0 heterocycles. The van der Waals surface area contributed by atoms with Gasteiger partial charge in [-0.3, -0.25) is 0 Å². The molecular weight excluding hydrogens is 198 g/mol. The summed E-state index contributed by atoms with van der Waals surface area (Å²) in [4.78, 5) is 0. The Hall–Kier alpha value is -0.0800. The number of ether oxygens (including phenoxy) is 1. The van der Waals surface area contributed by atoms with Crippen LogP contribution in [0.4, 0.5) is 0 Å². The summed E-state index contributed by atoms with van der Waals surface area (Å²) in [6, 6.07) is 0. The first-order chi connectivity index (χ1) is 7.42. The number of rotatable bonds is 9. The van der Waals surface area contributed by atoms with E-state index < -0.39 is 0 Å². The van der Waals surface area contributed by atoms with Crippen molar-refractivity contribution >= 4 is 0 Å². The van der Waals surface area contributed by atoms with Crippen molar-refractivity contribution in [2.24, 2.45) is 5.92 Å². The first-order valence-corrected chi connectivity index (χ1v) is 6.74. The normalized spacial score (nSPS) is 12.4. The molecule has 0 rings (SSSR count). The van der Waals surface area contributed by atoms with Gasteiger partial charge in [-0.1, -0.05) is 26.7 Å². The van der Waals surface area contributed by atoms with Crippen LogP contribution in [0.5, 0.6) is 0 Å². The monoisotopic (exact) mass is 229 g/mol. The third kappa shape index (κ3) is 13.9. The van der Waals surface area contributed by atoms with Gasteiger partial charge in [-0.2, -0.15) is 0 Å². The van der Waals surface area contributed by atoms with Crippen molar-refractivity contribution in [3.05, 3.63) is 0 Å². The van der Waals surface area contributed by atoms with Crippen molar-refractivity contribution in [1.82, 2.24) is 5.32 Å². The summed E-state index contributed by atoms with van der Waals surface area (Å²) in [6.07, 6.45) is 5.10. The van der Waals surface area contributed by atoms with E-state index in [4.69, 9.17) is 4.74 Å². The highest BCUT2D eigenvalue weighted by atomic mass is 16.5. The second-order valence-corrected chi connectivity index (χ2v) is 6.06. The Morgan fingerprint density at radius 2 is 1.62 bits per heavy atom. The molecule has 0 aromatic carbocycles. The maximum absolute atomic E-state index is 5.54. The van der Waals surface area contributed by atoms with E-state index in [0.29, 0.717) is 5.92 Å². The molecule has 0 atom stereocenters. The lowest BCUT2D eigenvalue weighted by Gasteiger charge is -2.20. The lowest BCUT2D eigenvalue weighted by atomic mass is 10.1. The number of hydrogen-bond acceptors (Lipinski definition) is 2. The topological polar surface area (TPSA) is 21.3 Å². The Morgan fingerprint density at radius 3 is 2.19 bits per heavy atom. The van der Waals surface area contributed by atoms with Crippen molar-refractivity contribution in [3.63, 3.8) is 0 Å². The molecule has 0 aliphatic carbocycles. The van der Waals surface area contributed by atoms with Gasteiger partial charge in [0.05, 0.1) is 0 Å². The Kier molecular flexibility index (Phi) is 8.96. The van der Waals surface area contributed by atoms with Crippen LogP contribution in [0, 0.1) is 5.92 Å². The number of nitrogens with one attached hydrogen (secondary N) is 1. The Labute approximate surface area is 102 Å². The molecule has 0 unspecified atom stereocenters. The summed E-state index contributed by atoms with van der Waals surface area (Å²) in [5.74, 6) is 0.663. The minimum atomic E-state index is 0.264. The van der Waals surface area contributed by atoms with Crippen molar-refractivity contribution < 1.29 is 4.74 Å². The van der Waals surface area contributed by atoms with Gasteiger partial charge in [0.1, 0.15) is 0 Å². The summed E-state index contributed by atoms with van der Waals surface area (Å²) in [7, 11) is 0. The zero-order chi connectivity index (χ0) is 12.4. The average Bonchev–Trinajstić information content (AvgIpc) is 2.13. The van der Waals surface area contributed by atoms with Crippen molar-refractivity contribution in [1.29, 1.82) is 0 Å². The first kappa shape index (κ1) is 15.9. The van der Waals surface area contributed by atoms with E-state index in [2.05, 4.69) is 39.9 Å². The third-order valence-corrected chi connectivity index (χ3v) is 2.32. The molecule has 0 aliphatic heterocycles. The third-order valence-electron chi connectivity index (χ3n) is 2.32. The quantitative estimate of drug-likeness (QED) is 0.610. The molecule has 2 nitrogen and oxygen atoms in total. The van der Waals surface area contributed by atoms with Crippen LogP contribution in [0.25, 0.3) is 0 Å². The van der Waals surface area contributed by atoms with Crippen LogP contribution in [0.1, 0.15) is 60.3 Å². The second kappa shape index (κ2) is 9.00. The van der Waals surface area contributed by atoms with Crippen LogP contribution in [-0.2, 0) is 4.74 Å². The van der Waals surface area contributed by atoms with Gasteiger partial charge < -0.3 is 10.1 Å². The molecule has 2 heteroatoms. The van der Waals surface area contributed by atoms with Crippen LogP contribution >= 0.6 is 0 Å². The highest BCUT2D eigenvalue weighted by Gasteiger charge is 2.06. The van der Waals surface area contributed by atoms with Gasteiger partial charge in [0, 0.05) is 18.8 Å². The minimum Gasteiger partial charge on any atom is -0.381 e. The molecule has 0 spiro atoms. The standard InChI is InChI=1S/C14H31NO/c1-13(2)12-16-11-9-7-6-8-10-15-14(3,4)5/h13,15H,6-12H2,1-5H3. The van der Waals surface area contributed by atoms with E-state index in [1.165, 1.54) is 25.7 Å². The fourth-order valence-electron chi connectivity index (χ4n) is 1.47. The van der Waals surface area contributed by atoms with E-state index >= 15 is 0 Å². The predicted octanol–water partition coefficient (Wildman–Crippen LogP) is 3.61. The zero-order valence-electron chi connectivity index (χ0n) is 11.9. The first-order valence-electron chi connectivity index (χ1n) is 6.74. The highest BCUT2D eigenvalue weighted by Crippen LogP contribution is 2.03. The molecular formula is C14H31NO. The van der Waals surface area contributed by atoms with Crippen LogP contribution in [-0.4, -0.2) is 25.3 Å². The molecule has 0 aromatic rings. The fourth-order valence-corrected chi connectivity index (χ4v) is 1.47. The van der Waals surface area contributed by atoms with E-state index in [-0.39, 0.29) is 5.54 Å². The van der Waals surface area contributed by atoms with Gasteiger partial charge in [0.25, 0.3) is 0 Å². The molecule has 0 saturated carbocycles. The lowest BCUT2D eigenvalue weighted by Crippen LogP contribution is -2.36. The van der Waals surface area contributed by atoms with Crippen LogP contribution in [0.3, 0.4) is 0 Å². The van der Waals surface area contributed by atoms with E-state index in [0.717, 1.165) is 19.8 Å². The minimum absolute atomic E-state index is 0.264. The molecule has 0 aromatic heterocycles. The zero-order valence-corrected chi connectivity index (χ0v) is 11.9. The maximum Gasteiger partial charge on any atom is 0.0488 e. The van der Waals surface area contributed by atoms with Gasteiger partial charge >= 0.3 is 0 Å². The molecule has 98 valence electrons. The van der Waals surface area contributed by atoms with Crippen molar-refractivity contribution in [2.45, 2.75) is 65.8 Å². The van der Waals surface area contributed by atoms with Crippen LogP contribution in [0.15, 0.2) is 0 Å². The van der Waals surface area contributed by atoms with Gasteiger partial charge in [0.15, 0.2) is 0 Å². The second-order valence-electron chi connectivity index (χ2n) is 6.06. The van der Waals surface area contributed by atoms with Crippen molar-refractivity contribution in [3.8, 4) is 0 Å². The summed E-state index contributed by atoms with van der Waals surface area (Å²) in [5, 5.41) is 3.51. The number of unbranched alkanes of at least 4 members (excludes halogenated alkanes) is 3. The summed E-state index contributed by atoms with van der Waals surface area (Å²) in [5.41, 5.74) is 0.264. The molecule has 1 N–H and O–H groups in total. The molecule has 0 amide bonds. The predicted molar refractivity (Wildman–Crippen MR) is 71.9 cm³/mol.